The van der Waals surface area contributed by atoms with Crippen molar-refractivity contribution in [2.45, 2.75) is 32.2 Å². The molecule has 1 heterocycles. The summed E-state index contributed by atoms with van der Waals surface area (Å²) in [6, 6.07) is 5.08. The number of anilines is 2. The summed E-state index contributed by atoms with van der Waals surface area (Å²) in [7, 11) is 1.56. The molecule has 2 amide bonds. The van der Waals surface area contributed by atoms with Crippen molar-refractivity contribution in [1.29, 1.82) is 0 Å². The lowest BCUT2D eigenvalue weighted by atomic mass is 10.2. The fourth-order valence-electron chi connectivity index (χ4n) is 2.39. The summed E-state index contributed by atoms with van der Waals surface area (Å²) in [5, 5.41) is 2.79. The first kappa shape index (κ1) is 15.3. The molecule has 1 unspecified atom stereocenters. The van der Waals surface area contributed by atoms with E-state index in [9.17, 15) is 9.59 Å². The molecule has 0 bridgehead atoms. The highest BCUT2D eigenvalue weighted by atomic mass is 16.5. The number of hydrogen-bond donors (Lipinski definition) is 2. The van der Waals surface area contributed by atoms with Crippen LogP contribution in [-0.4, -0.2) is 31.5 Å². The second-order valence-corrected chi connectivity index (χ2v) is 5.27. The van der Waals surface area contributed by atoms with E-state index < -0.39 is 0 Å². The van der Waals surface area contributed by atoms with Crippen LogP contribution in [0.4, 0.5) is 11.4 Å². The van der Waals surface area contributed by atoms with E-state index >= 15 is 0 Å². The van der Waals surface area contributed by atoms with E-state index in [1.54, 1.807) is 37.1 Å². The molecule has 0 radical (unpaired) electrons. The predicted molar refractivity (Wildman–Crippen MR) is 81.5 cm³/mol. The number of nitrogens with two attached hydrogens (primary N) is 1. The van der Waals surface area contributed by atoms with Crippen LogP contribution in [0.3, 0.4) is 0 Å². The van der Waals surface area contributed by atoms with Crippen LogP contribution in [0.15, 0.2) is 18.2 Å². The number of amides is 2. The lowest BCUT2D eigenvalue weighted by Gasteiger charge is -2.20. The van der Waals surface area contributed by atoms with Crippen LogP contribution >= 0.6 is 0 Å². The van der Waals surface area contributed by atoms with Crippen molar-refractivity contribution < 1.29 is 14.3 Å². The minimum Gasteiger partial charge on any atom is -0.495 e. The van der Waals surface area contributed by atoms with E-state index in [-0.39, 0.29) is 24.3 Å². The van der Waals surface area contributed by atoms with Gasteiger partial charge in [-0.1, -0.05) is 0 Å². The first-order valence-corrected chi connectivity index (χ1v) is 7.05. The summed E-state index contributed by atoms with van der Waals surface area (Å²) >= 11 is 0. The summed E-state index contributed by atoms with van der Waals surface area (Å²) in [6.07, 6.45) is 1.64. The van der Waals surface area contributed by atoms with Gasteiger partial charge in [0.25, 0.3) is 0 Å². The zero-order chi connectivity index (χ0) is 15.4. The Labute approximate surface area is 124 Å². The number of benzene rings is 1. The number of hydrogen-bond acceptors (Lipinski definition) is 4. The Morgan fingerprint density at radius 1 is 1.52 bits per heavy atom. The zero-order valence-electron chi connectivity index (χ0n) is 12.4. The molecule has 1 atom stereocenters. The van der Waals surface area contributed by atoms with Crippen LogP contribution in [0.5, 0.6) is 5.75 Å². The van der Waals surface area contributed by atoms with Gasteiger partial charge in [0, 0.05) is 31.1 Å². The van der Waals surface area contributed by atoms with Crippen LogP contribution in [0, 0.1) is 0 Å². The number of nitrogens with one attached hydrogen (secondary N) is 1. The van der Waals surface area contributed by atoms with Crippen molar-refractivity contribution in [3.8, 4) is 5.75 Å². The van der Waals surface area contributed by atoms with Crippen LogP contribution in [0.1, 0.15) is 26.2 Å². The van der Waals surface area contributed by atoms with E-state index in [0.717, 1.165) is 6.42 Å². The predicted octanol–water partition coefficient (Wildman–Crippen LogP) is 1.50. The number of carbonyl (C=O) groups is 2. The van der Waals surface area contributed by atoms with Gasteiger partial charge in [-0.2, -0.15) is 0 Å². The molecule has 6 nitrogen and oxygen atoms in total. The average Bonchev–Trinajstić information content (AvgIpc) is 2.83. The van der Waals surface area contributed by atoms with E-state index in [2.05, 4.69) is 5.32 Å². The quantitative estimate of drug-likeness (QED) is 0.861. The zero-order valence-corrected chi connectivity index (χ0v) is 12.4. The van der Waals surface area contributed by atoms with Crippen molar-refractivity contribution in [2.24, 2.45) is 5.73 Å². The highest BCUT2D eigenvalue weighted by molar-refractivity contribution is 5.98. The number of methoxy groups -OCH3 is 1. The average molecular weight is 291 g/mol. The number of carbonyl (C=O) groups excluding carboxylic acids is 2. The van der Waals surface area contributed by atoms with Crippen molar-refractivity contribution in [2.75, 3.05) is 23.9 Å². The monoisotopic (exact) mass is 291 g/mol. The van der Waals surface area contributed by atoms with E-state index in [0.29, 0.717) is 30.1 Å². The van der Waals surface area contributed by atoms with E-state index in [4.69, 9.17) is 10.5 Å². The van der Waals surface area contributed by atoms with Gasteiger partial charge in [0.05, 0.1) is 12.8 Å². The Morgan fingerprint density at radius 2 is 2.29 bits per heavy atom. The summed E-state index contributed by atoms with van der Waals surface area (Å²) < 4.78 is 5.30. The lowest BCUT2D eigenvalue weighted by molar-refractivity contribution is -0.117. The highest BCUT2D eigenvalue weighted by Crippen LogP contribution is 2.34. The minimum atomic E-state index is -0.192. The molecule has 0 aliphatic carbocycles. The van der Waals surface area contributed by atoms with Gasteiger partial charge >= 0.3 is 0 Å². The normalized spacial score (nSPS) is 16.0. The maximum Gasteiger partial charge on any atom is 0.227 e. The third-order valence-corrected chi connectivity index (χ3v) is 3.33. The van der Waals surface area contributed by atoms with Gasteiger partial charge in [-0.15, -0.1) is 0 Å². The number of nitrogens with zero attached hydrogens (tertiary/aromatic N) is 1. The van der Waals surface area contributed by atoms with Crippen LogP contribution in [-0.2, 0) is 9.59 Å². The summed E-state index contributed by atoms with van der Waals surface area (Å²) in [4.78, 5) is 25.4. The van der Waals surface area contributed by atoms with Gasteiger partial charge in [0.2, 0.25) is 11.8 Å². The van der Waals surface area contributed by atoms with Crippen molar-refractivity contribution >= 4 is 23.2 Å². The minimum absolute atomic E-state index is 0.0763. The second-order valence-electron chi connectivity index (χ2n) is 5.27. The fourth-order valence-corrected chi connectivity index (χ4v) is 2.39. The van der Waals surface area contributed by atoms with Crippen molar-refractivity contribution in [1.82, 2.24) is 0 Å². The maximum absolute atomic E-state index is 11.9. The Balaban J connectivity index is 2.21. The number of ether oxygens (including phenoxy) is 1. The third kappa shape index (κ3) is 3.72. The van der Waals surface area contributed by atoms with Crippen molar-refractivity contribution in [3.05, 3.63) is 18.2 Å². The standard InChI is InChI=1S/C15H21N3O3/c1-10(16)8-14(19)17-11-5-6-13(21-2)12(9-11)18-7-3-4-15(18)20/h5-6,9-10H,3-4,7-8,16H2,1-2H3,(H,17,19). The molecule has 1 aromatic rings. The highest BCUT2D eigenvalue weighted by Gasteiger charge is 2.24. The molecule has 3 N–H and O–H groups in total. The number of rotatable bonds is 5. The van der Waals surface area contributed by atoms with Gasteiger partial charge < -0.3 is 20.7 Å². The SMILES string of the molecule is COc1ccc(NC(=O)CC(C)N)cc1N1CCCC1=O. The molecule has 0 spiro atoms. The third-order valence-electron chi connectivity index (χ3n) is 3.33. The Kier molecular flexibility index (Phi) is 4.80. The molecule has 21 heavy (non-hydrogen) atoms. The molecule has 0 saturated carbocycles. The van der Waals surface area contributed by atoms with Crippen LogP contribution in [0.2, 0.25) is 0 Å². The molecule has 1 fully saturated rings. The molecule has 0 aromatic heterocycles. The van der Waals surface area contributed by atoms with Crippen LogP contribution in [0.25, 0.3) is 0 Å². The molecule has 1 saturated heterocycles. The first-order valence-electron chi connectivity index (χ1n) is 7.05. The summed E-state index contributed by atoms with van der Waals surface area (Å²) in [5.41, 5.74) is 6.94. The lowest BCUT2D eigenvalue weighted by Crippen LogP contribution is -2.25. The molecule has 1 aliphatic heterocycles. The van der Waals surface area contributed by atoms with Gasteiger partial charge in [-0.3, -0.25) is 9.59 Å². The smallest absolute Gasteiger partial charge is 0.227 e. The summed E-state index contributed by atoms with van der Waals surface area (Å²) in [6.45, 7) is 2.45. The molecular weight excluding hydrogens is 270 g/mol. The van der Waals surface area contributed by atoms with Gasteiger partial charge in [0.1, 0.15) is 5.75 Å². The molecule has 2 rings (SSSR count). The maximum atomic E-state index is 11.9. The molecule has 1 aliphatic rings. The van der Waals surface area contributed by atoms with Gasteiger partial charge in [-0.05, 0) is 31.5 Å². The largest absolute Gasteiger partial charge is 0.495 e. The van der Waals surface area contributed by atoms with Crippen LogP contribution < -0.4 is 20.7 Å². The molecule has 114 valence electrons. The van der Waals surface area contributed by atoms with Gasteiger partial charge in [0.15, 0.2) is 0 Å². The second kappa shape index (κ2) is 6.58. The summed E-state index contributed by atoms with van der Waals surface area (Å²) in [5.74, 6) is 0.552. The van der Waals surface area contributed by atoms with Gasteiger partial charge in [-0.25, -0.2) is 0 Å². The topological polar surface area (TPSA) is 84.7 Å². The Bertz CT molecular complexity index is 543. The van der Waals surface area contributed by atoms with E-state index in [1.807, 2.05) is 0 Å². The molecule has 1 aromatic carbocycles. The van der Waals surface area contributed by atoms with Crippen molar-refractivity contribution in [3.63, 3.8) is 0 Å². The Hall–Kier alpha value is -2.08. The molecule has 6 heteroatoms. The molecular formula is C15H21N3O3. The Morgan fingerprint density at radius 3 is 2.86 bits per heavy atom. The first-order chi connectivity index (χ1) is 10.0. The van der Waals surface area contributed by atoms with E-state index in [1.165, 1.54) is 0 Å². The fraction of sp³-hybridized carbons (Fsp3) is 0.467.